The van der Waals surface area contributed by atoms with Crippen LogP contribution in [0, 0.1) is 17.8 Å². The van der Waals surface area contributed by atoms with Crippen molar-refractivity contribution in [1.29, 1.82) is 0 Å². The molecular formula is C26H29Cl3N2O. The van der Waals surface area contributed by atoms with Crippen molar-refractivity contribution < 1.29 is 22.0 Å². The van der Waals surface area contributed by atoms with Crippen LogP contribution in [0.15, 0.2) is 71.4 Å². The van der Waals surface area contributed by atoms with Crippen LogP contribution in [0.25, 0.3) is 10.9 Å². The van der Waals surface area contributed by atoms with Gasteiger partial charge in [-0.3, -0.25) is 4.98 Å². The molecule has 1 aliphatic carbocycles. The molecule has 2 aromatic rings. The first-order chi connectivity index (χ1) is 15.0. The number of hydrogen-bond donors (Lipinski definition) is 1. The van der Waals surface area contributed by atoms with Crippen LogP contribution in [0.3, 0.4) is 0 Å². The lowest BCUT2D eigenvalue weighted by Gasteiger charge is -2.59. The average molecular weight is 492 g/mol. The number of fused-ring (bicyclic) bond motifs is 4. The van der Waals surface area contributed by atoms with Crippen molar-refractivity contribution in [3.8, 4) is 0 Å². The Morgan fingerprint density at radius 2 is 2.06 bits per heavy atom. The van der Waals surface area contributed by atoms with Crippen molar-refractivity contribution in [3.63, 3.8) is 0 Å². The van der Waals surface area contributed by atoms with Crippen molar-refractivity contribution in [1.82, 2.24) is 4.98 Å². The fourth-order valence-electron chi connectivity index (χ4n) is 6.30. The van der Waals surface area contributed by atoms with E-state index in [9.17, 15) is 5.11 Å². The molecule has 3 saturated heterocycles. The van der Waals surface area contributed by atoms with Gasteiger partial charge in [-0.25, -0.2) is 0 Å². The van der Waals surface area contributed by atoms with Gasteiger partial charge in [-0.2, -0.15) is 0 Å². The summed E-state index contributed by atoms with van der Waals surface area (Å²) in [6.45, 7) is 7.24. The number of aromatic nitrogens is 1. The van der Waals surface area contributed by atoms with Crippen LogP contribution in [-0.4, -0.2) is 40.2 Å². The Morgan fingerprint density at radius 3 is 2.84 bits per heavy atom. The first-order valence-electron chi connectivity index (χ1n) is 11.2. The highest BCUT2D eigenvalue weighted by molar-refractivity contribution is 6.40. The molecule has 3 aliphatic heterocycles. The first-order valence-corrected chi connectivity index (χ1v) is 12.0. The van der Waals surface area contributed by atoms with E-state index in [-0.39, 0.29) is 18.4 Å². The van der Waals surface area contributed by atoms with Gasteiger partial charge in [-0.15, -0.1) is 6.58 Å². The van der Waals surface area contributed by atoms with E-state index in [2.05, 4.69) is 29.8 Å². The van der Waals surface area contributed by atoms with Gasteiger partial charge in [-0.1, -0.05) is 53.6 Å². The number of aliphatic hydroxyl groups excluding tert-OH is 1. The number of quaternary nitrogens is 1. The summed E-state index contributed by atoms with van der Waals surface area (Å²) in [4.78, 5) is 4.50. The molecule has 2 unspecified atom stereocenters. The van der Waals surface area contributed by atoms with Crippen LogP contribution in [0.4, 0.5) is 0 Å². The van der Waals surface area contributed by atoms with Crippen molar-refractivity contribution in [2.45, 2.75) is 31.4 Å². The zero-order valence-electron chi connectivity index (χ0n) is 18.0. The first kappa shape index (κ1) is 23.8. The van der Waals surface area contributed by atoms with E-state index in [1.165, 1.54) is 6.42 Å². The number of hydrogen-bond acceptors (Lipinski definition) is 2. The molecule has 170 valence electrons. The molecule has 1 aromatic heterocycles. The van der Waals surface area contributed by atoms with Gasteiger partial charge in [0, 0.05) is 41.3 Å². The second-order valence-electron chi connectivity index (χ2n) is 9.50. The van der Waals surface area contributed by atoms with Gasteiger partial charge in [-0.05, 0) is 36.1 Å². The van der Waals surface area contributed by atoms with Crippen LogP contribution in [0.2, 0.25) is 0 Å². The molecule has 0 saturated carbocycles. The Bertz CT molecular complexity index is 1060. The van der Waals surface area contributed by atoms with E-state index in [1.54, 1.807) is 0 Å². The summed E-state index contributed by atoms with van der Waals surface area (Å²) < 4.78 is 0.918. The molecule has 0 radical (unpaired) electrons. The zero-order valence-corrected chi connectivity index (χ0v) is 20.3. The Hall–Kier alpha value is -1.36. The lowest BCUT2D eigenvalue weighted by atomic mass is 9.70. The number of para-hydroxylation sites is 1. The third-order valence-electron chi connectivity index (χ3n) is 7.85. The fourth-order valence-corrected chi connectivity index (χ4v) is 6.71. The largest absolute Gasteiger partial charge is 1.00 e. The minimum atomic E-state index is -0.524. The highest BCUT2D eigenvalue weighted by Crippen LogP contribution is 2.48. The van der Waals surface area contributed by atoms with Crippen molar-refractivity contribution in [3.05, 3.63) is 77.0 Å². The minimum absolute atomic E-state index is 0. The van der Waals surface area contributed by atoms with E-state index in [0.717, 1.165) is 58.5 Å². The number of aliphatic hydroxyl groups is 1. The molecule has 2 bridgehead atoms. The molecule has 4 heterocycles. The number of nitrogens with zero attached hydrogens (tertiary/aromatic N) is 2. The average Bonchev–Trinajstić information content (AvgIpc) is 2.80. The molecule has 6 rings (SSSR count). The maximum atomic E-state index is 11.8. The molecule has 0 amide bonds. The van der Waals surface area contributed by atoms with Crippen LogP contribution in [0.1, 0.15) is 30.9 Å². The van der Waals surface area contributed by atoms with E-state index in [0.29, 0.717) is 22.8 Å². The Balaban J connectivity index is 0.00000245. The summed E-state index contributed by atoms with van der Waals surface area (Å²) in [5.41, 5.74) is 1.93. The highest BCUT2D eigenvalue weighted by Gasteiger charge is 2.54. The predicted octanol–water partition coefficient (Wildman–Crippen LogP) is 2.95. The zero-order chi connectivity index (χ0) is 21.6. The summed E-state index contributed by atoms with van der Waals surface area (Å²) in [7, 11) is 0. The number of pyridine rings is 1. The number of piperidine rings is 3. The van der Waals surface area contributed by atoms with E-state index in [4.69, 9.17) is 23.2 Å². The van der Waals surface area contributed by atoms with E-state index in [1.807, 2.05) is 36.5 Å². The van der Waals surface area contributed by atoms with Crippen LogP contribution in [0.5, 0.6) is 0 Å². The van der Waals surface area contributed by atoms with Gasteiger partial charge in [0.25, 0.3) is 0 Å². The third kappa shape index (κ3) is 4.15. The SMILES string of the molecule is C=C[C@H]1C[N+]2(CC3C=CC(Cl)=C(Cl)C3)CC[C@H]1C[C@H]2[C@H](O)c1ccnc2ccccc12.[Cl-]. The molecule has 6 heteroatoms. The Kier molecular flexibility index (Phi) is 7.05. The van der Waals surface area contributed by atoms with Crippen LogP contribution in [-0.2, 0) is 0 Å². The lowest BCUT2D eigenvalue weighted by Crippen LogP contribution is -3.00. The topological polar surface area (TPSA) is 33.1 Å². The number of rotatable bonds is 5. The van der Waals surface area contributed by atoms with E-state index < -0.39 is 6.10 Å². The van der Waals surface area contributed by atoms with Crippen molar-refractivity contribution in [2.75, 3.05) is 19.6 Å². The summed E-state index contributed by atoms with van der Waals surface area (Å²) >= 11 is 12.6. The van der Waals surface area contributed by atoms with Gasteiger partial charge in [0.15, 0.2) is 0 Å². The number of benzene rings is 1. The minimum Gasteiger partial charge on any atom is -1.00 e. The monoisotopic (exact) mass is 490 g/mol. The quantitative estimate of drug-likeness (QED) is 0.515. The fraction of sp³-hybridized carbons (Fsp3) is 0.423. The number of halogens is 3. The highest BCUT2D eigenvalue weighted by atomic mass is 35.5. The van der Waals surface area contributed by atoms with Crippen molar-refractivity contribution >= 4 is 34.1 Å². The molecule has 32 heavy (non-hydrogen) atoms. The van der Waals surface area contributed by atoms with E-state index >= 15 is 0 Å². The maximum absolute atomic E-state index is 11.8. The van der Waals surface area contributed by atoms with Crippen LogP contribution >= 0.6 is 23.2 Å². The Morgan fingerprint density at radius 1 is 1.25 bits per heavy atom. The van der Waals surface area contributed by atoms with Gasteiger partial charge < -0.3 is 22.0 Å². The second kappa shape index (κ2) is 9.48. The van der Waals surface area contributed by atoms with Crippen LogP contribution < -0.4 is 12.4 Å². The second-order valence-corrected chi connectivity index (χ2v) is 10.4. The molecule has 6 atom stereocenters. The van der Waals surface area contributed by atoms with Crippen molar-refractivity contribution in [2.24, 2.45) is 17.8 Å². The molecule has 3 nitrogen and oxygen atoms in total. The maximum Gasteiger partial charge on any atom is 0.131 e. The predicted molar refractivity (Wildman–Crippen MR) is 128 cm³/mol. The standard InChI is InChI=1S/C26H29Cl2N2O.ClH/c1-2-18-16-30(15-17-7-8-22(27)23(28)13-17)12-10-19(18)14-25(30)26(31)21-9-11-29-24-6-4-3-5-20(21)24;/h2-9,11,17-19,25-26,31H,1,10,12-16H2;1H/q+1;/p-1/t17?,18-,19-,25-,26+,30?;/m0./s1. The summed E-state index contributed by atoms with van der Waals surface area (Å²) in [5.74, 6) is 1.44. The van der Waals surface area contributed by atoms with Gasteiger partial charge in [0.05, 0.1) is 30.2 Å². The summed E-state index contributed by atoms with van der Waals surface area (Å²) in [5, 5.41) is 14.2. The number of allylic oxidation sites excluding steroid dienone is 3. The normalized spacial score (nSPS) is 32.6. The Labute approximate surface area is 206 Å². The molecule has 0 spiro atoms. The van der Waals surface area contributed by atoms with Gasteiger partial charge in [0.1, 0.15) is 12.1 Å². The van der Waals surface area contributed by atoms with Gasteiger partial charge in [0.2, 0.25) is 0 Å². The third-order valence-corrected chi connectivity index (χ3v) is 8.66. The molecule has 3 fully saturated rings. The lowest BCUT2D eigenvalue weighted by molar-refractivity contribution is -0.975. The molecule has 1 aromatic carbocycles. The summed E-state index contributed by atoms with van der Waals surface area (Å²) in [6, 6.07) is 10.3. The van der Waals surface area contributed by atoms with Gasteiger partial charge >= 0.3 is 0 Å². The smallest absolute Gasteiger partial charge is 0.131 e. The summed E-state index contributed by atoms with van der Waals surface area (Å²) in [6.07, 6.45) is 10.6. The molecule has 1 N–H and O–H groups in total. The molecular weight excluding hydrogens is 463 g/mol. The molecule has 4 aliphatic rings.